The summed E-state index contributed by atoms with van der Waals surface area (Å²) in [5, 5.41) is 21.3. The van der Waals surface area contributed by atoms with E-state index in [9.17, 15) is 9.90 Å². The topological polar surface area (TPSA) is 82.3 Å². The second kappa shape index (κ2) is 9.59. The minimum absolute atomic E-state index is 0.308. The molecule has 0 fully saturated rings. The largest absolute Gasteiger partial charge is 0.489 e. The Balaban J connectivity index is 1.94. The highest BCUT2D eigenvalue weighted by Gasteiger charge is 2.17. The Labute approximate surface area is 154 Å². The van der Waals surface area contributed by atoms with Gasteiger partial charge in [0.15, 0.2) is 0 Å². The van der Waals surface area contributed by atoms with Crippen molar-refractivity contribution in [1.82, 2.24) is 5.32 Å². The fraction of sp³-hybridized carbons (Fsp3) is 0.333. The van der Waals surface area contributed by atoms with E-state index in [-0.39, 0.29) is 0 Å². The van der Waals surface area contributed by atoms with Crippen LogP contribution in [0.1, 0.15) is 37.0 Å². The maximum atomic E-state index is 11.3. The number of nitrogens with zero attached hydrogens (tertiary/aromatic N) is 1. The molecule has 1 atom stereocenters. The molecule has 5 nitrogen and oxygen atoms in total. The van der Waals surface area contributed by atoms with Crippen LogP contribution in [0.5, 0.6) is 5.75 Å². The summed E-state index contributed by atoms with van der Waals surface area (Å²) in [6, 6.07) is 16.4. The minimum atomic E-state index is -0.830. The lowest BCUT2D eigenvalue weighted by atomic mass is 10.0. The second-order valence-electron chi connectivity index (χ2n) is 6.65. The molecule has 0 aliphatic carbocycles. The van der Waals surface area contributed by atoms with E-state index in [0.717, 1.165) is 11.1 Å². The zero-order chi connectivity index (χ0) is 18.9. The van der Waals surface area contributed by atoms with Gasteiger partial charge in [0.2, 0.25) is 0 Å². The molecule has 0 aliphatic heterocycles. The Morgan fingerprint density at radius 3 is 2.62 bits per heavy atom. The fourth-order valence-electron chi connectivity index (χ4n) is 2.63. The van der Waals surface area contributed by atoms with Crippen LogP contribution in [0.3, 0.4) is 0 Å². The van der Waals surface area contributed by atoms with Crippen molar-refractivity contribution in [2.24, 2.45) is 5.92 Å². The average Bonchev–Trinajstić information content (AvgIpc) is 2.63. The van der Waals surface area contributed by atoms with Gasteiger partial charge < -0.3 is 15.2 Å². The molecule has 0 spiro atoms. The van der Waals surface area contributed by atoms with Crippen molar-refractivity contribution < 1.29 is 14.6 Å². The van der Waals surface area contributed by atoms with Crippen LogP contribution in [0.2, 0.25) is 0 Å². The number of carbonyl (C=O) groups is 1. The predicted octanol–water partition coefficient (Wildman–Crippen LogP) is 3.73. The zero-order valence-corrected chi connectivity index (χ0v) is 15.1. The van der Waals surface area contributed by atoms with Crippen LogP contribution in [-0.2, 0) is 17.9 Å². The molecule has 0 saturated carbocycles. The van der Waals surface area contributed by atoms with Crippen molar-refractivity contribution in [3.8, 4) is 11.8 Å². The van der Waals surface area contributed by atoms with Gasteiger partial charge in [0.1, 0.15) is 18.4 Å². The van der Waals surface area contributed by atoms with Gasteiger partial charge in [0, 0.05) is 6.54 Å². The average molecular weight is 352 g/mol. The van der Waals surface area contributed by atoms with Crippen molar-refractivity contribution in [2.75, 3.05) is 0 Å². The first-order chi connectivity index (χ1) is 12.5. The maximum Gasteiger partial charge on any atom is 0.320 e. The summed E-state index contributed by atoms with van der Waals surface area (Å²) in [4.78, 5) is 11.3. The molecular formula is C21H24N2O3. The molecule has 0 aromatic heterocycles. The van der Waals surface area contributed by atoms with Gasteiger partial charge >= 0.3 is 5.97 Å². The van der Waals surface area contributed by atoms with E-state index in [4.69, 9.17) is 10.00 Å². The number of benzene rings is 2. The van der Waals surface area contributed by atoms with Crippen molar-refractivity contribution >= 4 is 5.97 Å². The van der Waals surface area contributed by atoms with Crippen molar-refractivity contribution in [2.45, 2.75) is 39.5 Å². The number of hydrogen-bond donors (Lipinski definition) is 2. The standard InChI is InChI=1S/C21H24N2O3/c1-15(2)9-20(21(24)25)23-13-17-6-4-8-19(11-17)26-14-18-7-3-5-16(10-18)12-22/h3-8,10-11,15,20,23H,9,13-14H2,1-2H3,(H,24,25)/t20-/m1/s1. The zero-order valence-electron chi connectivity index (χ0n) is 15.1. The highest BCUT2D eigenvalue weighted by Crippen LogP contribution is 2.16. The van der Waals surface area contributed by atoms with Gasteiger partial charge in [-0.05, 0) is 47.7 Å². The second-order valence-corrected chi connectivity index (χ2v) is 6.65. The highest BCUT2D eigenvalue weighted by atomic mass is 16.5. The summed E-state index contributed by atoms with van der Waals surface area (Å²) in [5.74, 6) is 0.188. The van der Waals surface area contributed by atoms with Gasteiger partial charge in [-0.15, -0.1) is 0 Å². The normalized spacial score (nSPS) is 11.8. The molecule has 0 radical (unpaired) electrons. The van der Waals surface area contributed by atoms with Gasteiger partial charge in [0.25, 0.3) is 0 Å². The van der Waals surface area contributed by atoms with Crippen LogP contribution in [0.4, 0.5) is 0 Å². The Morgan fingerprint density at radius 2 is 1.92 bits per heavy atom. The van der Waals surface area contributed by atoms with Crippen LogP contribution in [0.25, 0.3) is 0 Å². The number of rotatable bonds is 9. The number of nitriles is 1. The molecular weight excluding hydrogens is 328 g/mol. The lowest BCUT2D eigenvalue weighted by Crippen LogP contribution is -2.37. The fourth-order valence-corrected chi connectivity index (χ4v) is 2.63. The number of aliphatic carboxylic acids is 1. The molecule has 5 heteroatoms. The van der Waals surface area contributed by atoms with Crippen molar-refractivity contribution in [3.63, 3.8) is 0 Å². The quantitative estimate of drug-likeness (QED) is 0.718. The Morgan fingerprint density at radius 1 is 1.19 bits per heavy atom. The lowest BCUT2D eigenvalue weighted by Gasteiger charge is -2.17. The summed E-state index contributed by atoms with van der Waals surface area (Å²) in [5.41, 5.74) is 2.49. The molecule has 2 aromatic rings. The predicted molar refractivity (Wildman–Crippen MR) is 99.6 cm³/mol. The molecule has 0 amide bonds. The van der Waals surface area contributed by atoms with E-state index >= 15 is 0 Å². The molecule has 2 rings (SSSR count). The Bertz CT molecular complexity index is 781. The van der Waals surface area contributed by atoms with Crippen molar-refractivity contribution in [3.05, 3.63) is 65.2 Å². The number of ether oxygens (including phenoxy) is 1. The first-order valence-electron chi connectivity index (χ1n) is 8.65. The summed E-state index contributed by atoms with van der Waals surface area (Å²) in [6.45, 7) is 4.85. The monoisotopic (exact) mass is 352 g/mol. The van der Waals surface area contributed by atoms with Gasteiger partial charge in [-0.25, -0.2) is 0 Å². The molecule has 136 valence electrons. The number of nitrogens with one attached hydrogen (secondary N) is 1. The summed E-state index contributed by atoms with van der Waals surface area (Å²) in [6.07, 6.45) is 0.584. The number of carboxylic acid groups (broad SMARTS) is 1. The van der Waals surface area contributed by atoms with Crippen LogP contribution in [0.15, 0.2) is 48.5 Å². The van der Waals surface area contributed by atoms with Gasteiger partial charge in [-0.3, -0.25) is 4.79 Å². The Hall–Kier alpha value is -2.84. The SMILES string of the molecule is CC(C)C[C@@H](NCc1cccc(OCc2cccc(C#N)c2)c1)C(=O)O. The molecule has 0 saturated heterocycles. The summed E-state index contributed by atoms with van der Waals surface area (Å²) >= 11 is 0. The number of carboxylic acids is 1. The third-order valence-electron chi connectivity index (χ3n) is 3.92. The van der Waals surface area contributed by atoms with Gasteiger partial charge in [-0.1, -0.05) is 38.1 Å². The minimum Gasteiger partial charge on any atom is -0.489 e. The third kappa shape index (κ3) is 6.23. The lowest BCUT2D eigenvalue weighted by molar-refractivity contribution is -0.140. The van der Waals surface area contributed by atoms with Gasteiger partial charge in [0.05, 0.1) is 11.6 Å². The maximum absolute atomic E-state index is 11.3. The molecule has 26 heavy (non-hydrogen) atoms. The van der Waals surface area contributed by atoms with E-state index < -0.39 is 12.0 Å². The number of hydrogen-bond acceptors (Lipinski definition) is 4. The Kier molecular flexibility index (Phi) is 7.19. The van der Waals surface area contributed by atoms with E-state index in [1.54, 1.807) is 12.1 Å². The van der Waals surface area contributed by atoms with E-state index in [1.807, 2.05) is 50.2 Å². The third-order valence-corrected chi connectivity index (χ3v) is 3.92. The first kappa shape index (κ1) is 19.5. The van der Waals surface area contributed by atoms with Crippen LogP contribution < -0.4 is 10.1 Å². The van der Waals surface area contributed by atoms with Crippen molar-refractivity contribution in [1.29, 1.82) is 5.26 Å². The molecule has 0 bridgehead atoms. The molecule has 0 aliphatic rings. The van der Waals surface area contributed by atoms with E-state index in [0.29, 0.717) is 36.8 Å². The van der Waals surface area contributed by atoms with Crippen LogP contribution in [0, 0.1) is 17.2 Å². The van der Waals surface area contributed by atoms with E-state index in [2.05, 4.69) is 11.4 Å². The molecule has 2 aromatic carbocycles. The first-order valence-corrected chi connectivity index (χ1v) is 8.65. The molecule has 0 heterocycles. The summed E-state index contributed by atoms with van der Waals surface area (Å²) < 4.78 is 5.80. The van der Waals surface area contributed by atoms with E-state index in [1.165, 1.54) is 0 Å². The van der Waals surface area contributed by atoms with Crippen LogP contribution >= 0.6 is 0 Å². The molecule has 0 unspecified atom stereocenters. The summed E-state index contributed by atoms with van der Waals surface area (Å²) in [7, 11) is 0. The smallest absolute Gasteiger partial charge is 0.320 e. The van der Waals surface area contributed by atoms with Crippen LogP contribution in [-0.4, -0.2) is 17.1 Å². The molecule has 2 N–H and O–H groups in total. The highest BCUT2D eigenvalue weighted by molar-refractivity contribution is 5.73. The van der Waals surface area contributed by atoms with Gasteiger partial charge in [-0.2, -0.15) is 5.26 Å².